The van der Waals surface area contributed by atoms with Gasteiger partial charge in [-0.15, -0.1) is 0 Å². The van der Waals surface area contributed by atoms with Crippen molar-refractivity contribution in [2.45, 2.75) is 19.8 Å². The van der Waals surface area contributed by atoms with Gasteiger partial charge in [-0.2, -0.15) is 0 Å². The summed E-state index contributed by atoms with van der Waals surface area (Å²) in [5.74, 6) is -0.495. The maximum Gasteiger partial charge on any atom is 0.255 e. The molecule has 1 aliphatic rings. The number of benzene rings is 1. The fourth-order valence-corrected chi connectivity index (χ4v) is 3.02. The number of amides is 1. The first-order valence-electron chi connectivity index (χ1n) is 8.61. The number of ether oxygens (including phenoxy) is 1. The molecule has 2 aromatic rings. The normalized spacial score (nSPS) is 14.3. The predicted molar refractivity (Wildman–Crippen MR) is 101 cm³/mol. The predicted octanol–water partition coefficient (Wildman–Crippen LogP) is 2.28. The molecule has 0 atom stereocenters. The fraction of sp³-hybridized carbons (Fsp3) is 0.389. The molecule has 144 valence electrons. The third-order valence-electron chi connectivity index (χ3n) is 4.33. The molecule has 2 heterocycles. The molecule has 0 unspecified atom stereocenters. The van der Waals surface area contributed by atoms with Gasteiger partial charge >= 0.3 is 0 Å². The number of carbonyl (C=O) groups is 1. The summed E-state index contributed by atoms with van der Waals surface area (Å²) in [6.07, 6.45) is 0.239. The van der Waals surface area contributed by atoms with Crippen LogP contribution in [0.2, 0.25) is 5.02 Å². The lowest BCUT2D eigenvalue weighted by atomic mass is 10.1. The number of aromatic nitrogens is 2. The number of aromatic amines is 1. The molecule has 1 aliphatic heterocycles. The molecule has 1 amide bonds. The number of hydrogen-bond acceptors (Lipinski definition) is 5. The highest BCUT2D eigenvalue weighted by Crippen LogP contribution is 2.19. The van der Waals surface area contributed by atoms with E-state index >= 15 is 0 Å². The molecule has 0 saturated carbocycles. The average molecular weight is 395 g/mol. The summed E-state index contributed by atoms with van der Waals surface area (Å²) in [6.45, 7) is 4.25. The van der Waals surface area contributed by atoms with E-state index in [1.807, 2.05) is 4.90 Å². The summed E-state index contributed by atoms with van der Waals surface area (Å²) in [5.41, 5.74) is 0.801. The SMILES string of the molecule is Cc1nc(N2CCOCC2)[nH]c(=O)c1CCC(=O)Nc1ccc(Cl)cc1F. The number of morpholine rings is 1. The molecule has 0 radical (unpaired) electrons. The minimum absolute atomic E-state index is 0.0323. The van der Waals surface area contributed by atoms with Crippen molar-refractivity contribution in [1.82, 2.24) is 9.97 Å². The van der Waals surface area contributed by atoms with Crippen LogP contribution in [-0.4, -0.2) is 42.2 Å². The van der Waals surface area contributed by atoms with Gasteiger partial charge in [0.15, 0.2) is 0 Å². The largest absolute Gasteiger partial charge is 0.378 e. The number of aryl methyl sites for hydroxylation is 1. The van der Waals surface area contributed by atoms with E-state index in [0.717, 1.165) is 6.07 Å². The van der Waals surface area contributed by atoms with E-state index in [1.54, 1.807) is 6.92 Å². The van der Waals surface area contributed by atoms with E-state index in [-0.39, 0.29) is 29.1 Å². The van der Waals surface area contributed by atoms with E-state index in [9.17, 15) is 14.0 Å². The van der Waals surface area contributed by atoms with Crippen LogP contribution in [0.1, 0.15) is 17.7 Å². The summed E-state index contributed by atoms with van der Waals surface area (Å²) in [4.78, 5) is 33.7. The quantitative estimate of drug-likeness (QED) is 0.812. The Morgan fingerprint density at radius 3 is 2.81 bits per heavy atom. The molecular formula is C18H20ClFN4O3. The number of halogens is 2. The molecule has 2 N–H and O–H groups in total. The van der Waals surface area contributed by atoms with E-state index in [1.165, 1.54) is 12.1 Å². The molecule has 1 fully saturated rings. The summed E-state index contributed by atoms with van der Waals surface area (Å²) >= 11 is 5.69. The maximum absolute atomic E-state index is 13.7. The van der Waals surface area contributed by atoms with Crippen LogP contribution in [-0.2, 0) is 16.0 Å². The smallest absolute Gasteiger partial charge is 0.255 e. The van der Waals surface area contributed by atoms with Gasteiger partial charge in [-0.3, -0.25) is 14.6 Å². The van der Waals surface area contributed by atoms with Crippen LogP contribution in [0.5, 0.6) is 0 Å². The van der Waals surface area contributed by atoms with Crippen LogP contribution in [0.3, 0.4) is 0 Å². The number of H-pyrrole nitrogens is 1. The van der Waals surface area contributed by atoms with Crippen LogP contribution in [0, 0.1) is 12.7 Å². The van der Waals surface area contributed by atoms with Crippen molar-refractivity contribution >= 4 is 29.1 Å². The monoisotopic (exact) mass is 394 g/mol. The van der Waals surface area contributed by atoms with Crippen LogP contribution >= 0.6 is 11.6 Å². The zero-order valence-electron chi connectivity index (χ0n) is 14.8. The number of carbonyl (C=O) groups excluding carboxylic acids is 1. The van der Waals surface area contributed by atoms with Crippen molar-refractivity contribution in [3.05, 3.63) is 50.7 Å². The molecule has 0 bridgehead atoms. The molecule has 1 aromatic carbocycles. The lowest BCUT2D eigenvalue weighted by Gasteiger charge is -2.27. The van der Waals surface area contributed by atoms with Crippen molar-refractivity contribution in [2.75, 3.05) is 36.5 Å². The second kappa shape index (κ2) is 8.49. The molecule has 1 saturated heterocycles. The van der Waals surface area contributed by atoms with Crippen molar-refractivity contribution in [1.29, 1.82) is 0 Å². The first kappa shape index (κ1) is 19.3. The van der Waals surface area contributed by atoms with Gasteiger partial charge in [0.05, 0.1) is 18.9 Å². The van der Waals surface area contributed by atoms with E-state index in [0.29, 0.717) is 43.5 Å². The molecule has 27 heavy (non-hydrogen) atoms. The topological polar surface area (TPSA) is 87.3 Å². The Bertz CT molecular complexity index is 897. The third kappa shape index (κ3) is 4.84. The van der Waals surface area contributed by atoms with E-state index < -0.39 is 11.7 Å². The van der Waals surface area contributed by atoms with Gasteiger partial charge in [0.25, 0.3) is 5.56 Å². The molecule has 0 aliphatic carbocycles. The lowest BCUT2D eigenvalue weighted by molar-refractivity contribution is -0.116. The van der Waals surface area contributed by atoms with Gasteiger partial charge in [-0.05, 0) is 31.5 Å². The molecule has 7 nitrogen and oxygen atoms in total. The Morgan fingerprint density at radius 1 is 1.41 bits per heavy atom. The van der Waals surface area contributed by atoms with E-state index in [4.69, 9.17) is 16.3 Å². The second-order valence-electron chi connectivity index (χ2n) is 6.23. The summed E-state index contributed by atoms with van der Waals surface area (Å²) in [5, 5.41) is 2.73. The zero-order chi connectivity index (χ0) is 19.4. The standard InChI is InChI=1S/C18H20ClFN4O3/c1-11-13(17(26)23-18(21-11)24-6-8-27-9-7-24)3-5-16(25)22-15-4-2-12(19)10-14(15)20/h2,4,10H,3,5-9H2,1H3,(H,22,25)(H,21,23,26). The summed E-state index contributed by atoms with van der Waals surface area (Å²) in [6, 6.07) is 4.01. The number of rotatable bonds is 5. The summed E-state index contributed by atoms with van der Waals surface area (Å²) < 4.78 is 19.0. The first-order valence-corrected chi connectivity index (χ1v) is 8.99. The Hall–Kier alpha value is -2.45. The summed E-state index contributed by atoms with van der Waals surface area (Å²) in [7, 11) is 0. The highest BCUT2D eigenvalue weighted by molar-refractivity contribution is 6.30. The highest BCUT2D eigenvalue weighted by Gasteiger charge is 2.17. The van der Waals surface area contributed by atoms with Crippen molar-refractivity contribution in [3.8, 4) is 0 Å². The minimum Gasteiger partial charge on any atom is -0.378 e. The highest BCUT2D eigenvalue weighted by atomic mass is 35.5. The third-order valence-corrected chi connectivity index (χ3v) is 4.56. The minimum atomic E-state index is -0.610. The van der Waals surface area contributed by atoms with Gasteiger partial charge in [-0.1, -0.05) is 11.6 Å². The Balaban J connectivity index is 1.65. The molecule has 9 heteroatoms. The van der Waals surface area contributed by atoms with E-state index in [2.05, 4.69) is 15.3 Å². The van der Waals surface area contributed by atoms with Gasteiger partial charge in [-0.25, -0.2) is 9.37 Å². The number of nitrogens with zero attached hydrogens (tertiary/aromatic N) is 2. The molecule has 0 spiro atoms. The van der Waals surface area contributed by atoms with Crippen LogP contribution in [0.15, 0.2) is 23.0 Å². The number of anilines is 2. The Labute approximate surface area is 160 Å². The maximum atomic E-state index is 13.7. The van der Waals surface area contributed by atoms with Gasteiger partial charge in [0, 0.05) is 35.8 Å². The van der Waals surface area contributed by atoms with Crippen molar-refractivity contribution in [2.24, 2.45) is 0 Å². The average Bonchev–Trinajstić information content (AvgIpc) is 2.64. The fourth-order valence-electron chi connectivity index (χ4n) is 2.86. The Morgan fingerprint density at radius 2 is 2.15 bits per heavy atom. The van der Waals surface area contributed by atoms with Crippen LogP contribution < -0.4 is 15.8 Å². The number of hydrogen-bond donors (Lipinski definition) is 2. The van der Waals surface area contributed by atoms with Crippen LogP contribution in [0.4, 0.5) is 16.0 Å². The van der Waals surface area contributed by atoms with Gasteiger partial charge < -0.3 is 15.0 Å². The van der Waals surface area contributed by atoms with Gasteiger partial charge in [0.1, 0.15) is 5.82 Å². The molecular weight excluding hydrogens is 375 g/mol. The lowest BCUT2D eigenvalue weighted by Crippen LogP contribution is -2.38. The van der Waals surface area contributed by atoms with Crippen LogP contribution in [0.25, 0.3) is 0 Å². The zero-order valence-corrected chi connectivity index (χ0v) is 15.6. The number of nitrogens with one attached hydrogen (secondary N) is 2. The first-order chi connectivity index (χ1) is 12.9. The Kier molecular flexibility index (Phi) is 6.08. The molecule has 3 rings (SSSR count). The second-order valence-corrected chi connectivity index (χ2v) is 6.66. The molecule has 1 aromatic heterocycles. The van der Waals surface area contributed by atoms with Gasteiger partial charge in [0.2, 0.25) is 11.9 Å². The van der Waals surface area contributed by atoms with Crippen molar-refractivity contribution < 1.29 is 13.9 Å². The van der Waals surface area contributed by atoms with Crippen molar-refractivity contribution in [3.63, 3.8) is 0 Å².